The predicted octanol–water partition coefficient (Wildman–Crippen LogP) is 0.180. The van der Waals surface area contributed by atoms with E-state index in [1.165, 1.54) is 0 Å². The van der Waals surface area contributed by atoms with Crippen LogP contribution in [0.25, 0.3) is 0 Å². The van der Waals surface area contributed by atoms with Gasteiger partial charge in [-0.15, -0.1) is 0 Å². The molecule has 0 aromatic rings. The lowest BCUT2D eigenvalue weighted by molar-refractivity contribution is -0.165. The number of nitrogens with one attached hydrogen (secondary N) is 1. The minimum atomic E-state index is -4.60. The summed E-state index contributed by atoms with van der Waals surface area (Å²) in [5.74, 6) is -1.53. The summed E-state index contributed by atoms with van der Waals surface area (Å²) in [6.07, 6.45) is -4.60. The second kappa shape index (κ2) is 2.67. The van der Waals surface area contributed by atoms with E-state index in [0.29, 0.717) is 0 Å². The quantitative estimate of drug-likeness (QED) is 0.542. The zero-order valence-electron chi connectivity index (χ0n) is 4.20. The molecule has 0 spiro atoms. The molecule has 0 bridgehead atoms. The van der Waals surface area contributed by atoms with Gasteiger partial charge < -0.3 is 5.11 Å². The molecular weight excluding hydrogens is 139 g/mol. The van der Waals surface area contributed by atoms with E-state index in [1.807, 2.05) is 0 Å². The van der Waals surface area contributed by atoms with Gasteiger partial charge in [-0.1, -0.05) is 0 Å². The van der Waals surface area contributed by atoms with Crippen LogP contribution in [-0.2, 0) is 4.79 Å². The van der Waals surface area contributed by atoms with E-state index in [0.717, 1.165) is 5.32 Å². The molecule has 0 aliphatic rings. The number of halogens is 3. The van der Waals surface area contributed by atoms with Gasteiger partial charge in [0.1, 0.15) is 6.54 Å². The van der Waals surface area contributed by atoms with Gasteiger partial charge in [-0.3, -0.25) is 4.79 Å². The van der Waals surface area contributed by atoms with Gasteiger partial charge in [0.25, 0.3) is 0 Å². The maximum absolute atomic E-state index is 11.0. The maximum Gasteiger partial charge on any atom is 0.457 e. The first kappa shape index (κ1) is 8.22. The van der Waals surface area contributed by atoms with Gasteiger partial charge in [0.05, 0.1) is 0 Å². The standard InChI is InChI=1S/C3H4F3NO2/c4-3(5,6)7-1-2(8)9/h7H,1H2,(H,8,9). The topological polar surface area (TPSA) is 49.3 Å². The van der Waals surface area contributed by atoms with Gasteiger partial charge in [-0.25, -0.2) is 5.32 Å². The molecule has 0 radical (unpaired) electrons. The Morgan fingerprint density at radius 3 is 2.11 bits per heavy atom. The van der Waals surface area contributed by atoms with Crippen LogP contribution in [0.4, 0.5) is 13.2 Å². The van der Waals surface area contributed by atoms with Gasteiger partial charge >= 0.3 is 12.3 Å². The third-order valence-corrected chi connectivity index (χ3v) is 0.440. The molecule has 0 atom stereocenters. The van der Waals surface area contributed by atoms with Gasteiger partial charge in [-0.2, -0.15) is 13.2 Å². The molecule has 3 nitrogen and oxygen atoms in total. The zero-order chi connectivity index (χ0) is 7.49. The summed E-state index contributed by atoms with van der Waals surface area (Å²) in [5.41, 5.74) is 0. The minimum absolute atomic E-state index is 0.822. The Bertz CT molecular complexity index is 110. The minimum Gasteiger partial charge on any atom is -0.480 e. The van der Waals surface area contributed by atoms with E-state index < -0.39 is 18.8 Å². The number of hydrogen-bond donors (Lipinski definition) is 2. The summed E-state index contributed by atoms with van der Waals surface area (Å²) in [6, 6.07) is 0. The van der Waals surface area contributed by atoms with Crippen molar-refractivity contribution in [3.63, 3.8) is 0 Å². The predicted molar refractivity (Wildman–Crippen MR) is 21.7 cm³/mol. The van der Waals surface area contributed by atoms with Crippen molar-refractivity contribution in [3.05, 3.63) is 0 Å². The molecule has 0 saturated carbocycles. The first-order chi connectivity index (χ1) is 3.92. The second-order valence-electron chi connectivity index (χ2n) is 1.25. The number of carboxylic acids is 1. The van der Waals surface area contributed by atoms with Crippen LogP contribution in [0.15, 0.2) is 0 Å². The number of alkyl halides is 3. The zero-order valence-corrected chi connectivity index (χ0v) is 4.20. The number of aliphatic carboxylic acids is 1. The molecule has 0 rings (SSSR count). The Kier molecular flexibility index (Phi) is 2.44. The largest absolute Gasteiger partial charge is 0.480 e. The third-order valence-electron chi connectivity index (χ3n) is 0.440. The fraction of sp³-hybridized carbons (Fsp3) is 0.667. The van der Waals surface area contributed by atoms with Crippen molar-refractivity contribution >= 4 is 5.97 Å². The molecule has 6 heteroatoms. The summed E-state index contributed by atoms with van der Waals surface area (Å²) in [4.78, 5) is 9.48. The molecule has 0 unspecified atom stereocenters. The number of rotatable bonds is 2. The first-order valence-electron chi connectivity index (χ1n) is 1.95. The van der Waals surface area contributed by atoms with Crippen LogP contribution in [0, 0.1) is 0 Å². The molecule has 0 aromatic heterocycles. The number of carboxylic acid groups (broad SMARTS) is 1. The smallest absolute Gasteiger partial charge is 0.457 e. The van der Waals surface area contributed by atoms with Crippen molar-refractivity contribution in [1.29, 1.82) is 0 Å². The molecule has 0 aromatic carbocycles. The van der Waals surface area contributed by atoms with Gasteiger partial charge in [0, 0.05) is 0 Å². The van der Waals surface area contributed by atoms with E-state index in [2.05, 4.69) is 0 Å². The summed E-state index contributed by atoms with van der Waals surface area (Å²) in [5, 5.41) is 8.54. The van der Waals surface area contributed by atoms with Crippen LogP contribution in [-0.4, -0.2) is 23.9 Å². The van der Waals surface area contributed by atoms with Gasteiger partial charge in [-0.05, 0) is 0 Å². The van der Waals surface area contributed by atoms with Crippen molar-refractivity contribution < 1.29 is 23.1 Å². The molecule has 0 heterocycles. The van der Waals surface area contributed by atoms with Crippen LogP contribution < -0.4 is 5.32 Å². The molecular formula is C3H4F3NO2. The monoisotopic (exact) mass is 143 g/mol. The van der Waals surface area contributed by atoms with Crippen LogP contribution in [0.2, 0.25) is 0 Å². The highest BCUT2D eigenvalue weighted by Crippen LogP contribution is 2.07. The van der Waals surface area contributed by atoms with Crippen LogP contribution in [0.1, 0.15) is 0 Å². The lowest BCUT2D eigenvalue weighted by Crippen LogP contribution is -2.35. The van der Waals surface area contributed by atoms with Gasteiger partial charge in [0.2, 0.25) is 0 Å². The van der Waals surface area contributed by atoms with Crippen LogP contribution in [0.5, 0.6) is 0 Å². The molecule has 9 heavy (non-hydrogen) atoms. The van der Waals surface area contributed by atoms with Crippen molar-refractivity contribution in [2.24, 2.45) is 0 Å². The summed E-state index contributed by atoms with van der Waals surface area (Å²) < 4.78 is 33.1. The molecule has 0 aliphatic heterocycles. The highest BCUT2D eigenvalue weighted by molar-refractivity contribution is 5.69. The molecule has 0 fully saturated rings. The second-order valence-corrected chi connectivity index (χ2v) is 1.25. The average molecular weight is 143 g/mol. The van der Waals surface area contributed by atoms with Crippen molar-refractivity contribution in [3.8, 4) is 0 Å². The molecule has 2 N–H and O–H groups in total. The summed E-state index contributed by atoms with van der Waals surface area (Å²) >= 11 is 0. The maximum atomic E-state index is 11.0. The van der Waals surface area contributed by atoms with E-state index in [1.54, 1.807) is 0 Å². The Morgan fingerprint density at radius 2 is 2.00 bits per heavy atom. The fourth-order valence-electron chi connectivity index (χ4n) is 0.176. The highest BCUT2D eigenvalue weighted by atomic mass is 19.4. The first-order valence-corrected chi connectivity index (χ1v) is 1.95. The fourth-order valence-corrected chi connectivity index (χ4v) is 0.176. The molecule has 0 amide bonds. The van der Waals surface area contributed by atoms with Gasteiger partial charge in [0.15, 0.2) is 0 Å². The lowest BCUT2D eigenvalue weighted by Gasteiger charge is -2.03. The van der Waals surface area contributed by atoms with Crippen molar-refractivity contribution in [1.82, 2.24) is 5.32 Å². The molecule has 54 valence electrons. The van der Waals surface area contributed by atoms with Crippen LogP contribution in [0.3, 0.4) is 0 Å². The number of carbonyl (C=O) groups is 1. The van der Waals surface area contributed by atoms with E-state index in [4.69, 9.17) is 5.11 Å². The Balaban J connectivity index is 3.39. The third kappa shape index (κ3) is 7.22. The SMILES string of the molecule is O=C(O)CNC(F)(F)F. The summed E-state index contributed by atoms with van der Waals surface area (Å²) in [6.45, 7) is -1.09. The highest BCUT2D eigenvalue weighted by Gasteiger charge is 2.26. The van der Waals surface area contributed by atoms with E-state index in [-0.39, 0.29) is 0 Å². The number of hydrogen-bond acceptors (Lipinski definition) is 2. The average Bonchev–Trinajstić information content (AvgIpc) is 1.59. The summed E-state index contributed by atoms with van der Waals surface area (Å²) in [7, 11) is 0. The molecule has 0 saturated heterocycles. The lowest BCUT2D eigenvalue weighted by atomic mass is 10.7. The Morgan fingerprint density at radius 1 is 1.56 bits per heavy atom. The molecule has 0 aliphatic carbocycles. The van der Waals surface area contributed by atoms with E-state index >= 15 is 0 Å². The van der Waals surface area contributed by atoms with Crippen molar-refractivity contribution in [2.45, 2.75) is 6.30 Å². The Hall–Kier alpha value is -0.780. The normalized spacial score (nSPS) is 11.4. The Labute approximate surface area is 48.5 Å². The van der Waals surface area contributed by atoms with Crippen molar-refractivity contribution in [2.75, 3.05) is 6.54 Å². The van der Waals surface area contributed by atoms with E-state index in [9.17, 15) is 18.0 Å². The van der Waals surface area contributed by atoms with Crippen LogP contribution >= 0.6 is 0 Å².